The van der Waals surface area contributed by atoms with Crippen LogP contribution in [0.15, 0.2) is 16.6 Å². The summed E-state index contributed by atoms with van der Waals surface area (Å²) in [6.07, 6.45) is -0.534. The standard InChI is InChI=1S/C12H16BrNO2/c1-7(2)16-12(15)14-10-5-8(3)11(13)9(4)6-10/h5-7H,1-4H3,(H,14,15). The van der Waals surface area contributed by atoms with Crippen LogP contribution in [-0.2, 0) is 4.74 Å². The molecule has 1 aromatic rings. The van der Waals surface area contributed by atoms with Crippen molar-refractivity contribution < 1.29 is 9.53 Å². The molecule has 0 aliphatic carbocycles. The van der Waals surface area contributed by atoms with E-state index in [1.807, 2.05) is 39.8 Å². The van der Waals surface area contributed by atoms with Crippen molar-refractivity contribution in [3.8, 4) is 0 Å². The van der Waals surface area contributed by atoms with E-state index in [0.29, 0.717) is 0 Å². The zero-order chi connectivity index (χ0) is 12.3. The van der Waals surface area contributed by atoms with Gasteiger partial charge in [0.05, 0.1) is 6.10 Å². The number of nitrogens with one attached hydrogen (secondary N) is 1. The molecule has 0 aliphatic heterocycles. The third kappa shape index (κ3) is 3.52. The molecule has 16 heavy (non-hydrogen) atoms. The van der Waals surface area contributed by atoms with Crippen molar-refractivity contribution in [2.24, 2.45) is 0 Å². The quantitative estimate of drug-likeness (QED) is 0.891. The molecule has 1 aromatic carbocycles. The van der Waals surface area contributed by atoms with Gasteiger partial charge in [-0.3, -0.25) is 5.32 Å². The third-order valence-electron chi connectivity index (χ3n) is 2.03. The number of hydrogen-bond donors (Lipinski definition) is 1. The van der Waals surface area contributed by atoms with Crippen LogP contribution in [0.5, 0.6) is 0 Å². The van der Waals surface area contributed by atoms with Gasteiger partial charge < -0.3 is 4.74 Å². The predicted molar refractivity (Wildman–Crippen MR) is 68.9 cm³/mol. The van der Waals surface area contributed by atoms with Crippen LogP contribution in [0.1, 0.15) is 25.0 Å². The molecule has 1 rings (SSSR count). The number of benzene rings is 1. The minimum atomic E-state index is -0.420. The van der Waals surface area contributed by atoms with E-state index in [2.05, 4.69) is 21.2 Å². The molecule has 1 N–H and O–H groups in total. The summed E-state index contributed by atoms with van der Waals surface area (Å²) in [5, 5.41) is 2.70. The summed E-state index contributed by atoms with van der Waals surface area (Å²) >= 11 is 3.48. The van der Waals surface area contributed by atoms with E-state index in [1.165, 1.54) is 0 Å². The number of ether oxygens (including phenoxy) is 1. The fourth-order valence-corrected chi connectivity index (χ4v) is 1.61. The number of hydrogen-bond acceptors (Lipinski definition) is 2. The Kier molecular flexibility index (Phi) is 4.35. The average molecular weight is 286 g/mol. The average Bonchev–Trinajstić information content (AvgIpc) is 2.12. The van der Waals surface area contributed by atoms with Gasteiger partial charge in [0.2, 0.25) is 0 Å². The second-order valence-electron chi connectivity index (χ2n) is 4.00. The van der Waals surface area contributed by atoms with Crippen LogP contribution in [0, 0.1) is 13.8 Å². The van der Waals surface area contributed by atoms with E-state index in [4.69, 9.17) is 4.74 Å². The monoisotopic (exact) mass is 285 g/mol. The normalized spacial score (nSPS) is 10.4. The lowest BCUT2D eigenvalue weighted by Crippen LogP contribution is -2.18. The van der Waals surface area contributed by atoms with Gasteiger partial charge in [-0.2, -0.15) is 0 Å². The highest BCUT2D eigenvalue weighted by Crippen LogP contribution is 2.25. The third-order valence-corrected chi connectivity index (χ3v) is 3.28. The Labute approximate surface area is 104 Å². The Morgan fingerprint density at radius 3 is 2.25 bits per heavy atom. The van der Waals surface area contributed by atoms with E-state index < -0.39 is 6.09 Å². The number of carbonyl (C=O) groups excluding carboxylic acids is 1. The van der Waals surface area contributed by atoms with Crippen LogP contribution < -0.4 is 5.32 Å². The molecule has 0 saturated heterocycles. The molecule has 3 nitrogen and oxygen atoms in total. The maximum Gasteiger partial charge on any atom is 0.411 e. The number of halogens is 1. The molecule has 0 radical (unpaired) electrons. The second kappa shape index (κ2) is 5.34. The van der Waals surface area contributed by atoms with Gasteiger partial charge in [0.1, 0.15) is 0 Å². The molecule has 0 fully saturated rings. The van der Waals surface area contributed by atoms with Crippen molar-refractivity contribution in [2.45, 2.75) is 33.8 Å². The van der Waals surface area contributed by atoms with Crippen LogP contribution in [0.25, 0.3) is 0 Å². The number of carbonyl (C=O) groups is 1. The van der Waals surface area contributed by atoms with Gasteiger partial charge in [-0.05, 0) is 51.0 Å². The summed E-state index contributed by atoms with van der Waals surface area (Å²) in [5.74, 6) is 0. The molecule has 1 amide bonds. The van der Waals surface area contributed by atoms with Crippen LogP contribution >= 0.6 is 15.9 Å². The van der Waals surface area contributed by atoms with Gasteiger partial charge in [0.15, 0.2) is 0 Å². The van der Waals surface area contributed by atoms with Crippen molar-refractivity contribution in [3.05, 3.63) is 27.7 Å². The van der Waals surface area contributed by atoms with Gasteiger partial charge in [0.25, 0.3) is 0 Å². The molecule has 0 aromatic heterocycles. The van der Waals surface area contributed by atoms with Gasteiger partial charge in [0, 0.05) is 10.2 Å². The van der Waals surface area contributed by atoms with E-state index in [0.717, 1.165) is 21.3 Å². The summed E-state index contributed by atoms with van der Waals surface area (Å²) in [6.45, 7) is 7.60. The first-order valence-electron chi connectivity index (χ1n) is 5.14. The van der Waals surface area contributed by atoms with Gasteiger partial charge >= 0.3 is 6.09 Å². The molecule has 0 unspecified atom stereocenters. The van der Waals surface area contributed by atoms with Crippen molar-refractivity contribution in [3.63, 3.8) is 0 Å². The lowest BCUT2D eigenvalue weighted by atomic mass is 10.1. The Bertz CT molecular complexity index is 379. The highest BCUT2D eigenvalue weighted by atomic mass is 79.9. The number of anilines is 1. The van der Waals surface area contributed by atoms with Gasteiger partial charge in [-0.25, -0.2) is 4.79 Å². The largest absolute Gasteiger partial charge is 0.447 e. The number of rotatable bonds is 2. The van der Waals surface area contributed by atoms with E-state index in [1.54, 1.807) is 0 Å². The fourth-order valence-electron chi connectivity index (χ4n) is 1.38. The topological polar surface area (TPSA) is 38.3 Å². The molecule has 4 heteroatoms. The van der Waals surface area contributed by atoms with E-state index in [-0.39, 0.29) is 6.10 Å². The van der Waals surface area contributed by atoms with Crippen LogP contribution in [-0.4, -0.2) is 12.2 Å². The first kappa shape index (κ1) is 13.0. The van der Waals surface area contributed by atoms with E-state index >= 15 is 0 Å². The Balaban J connectivity index is 2.79. The maximum atomic E-state index is 11.4. The van der Waals surface area contributed by atoms with Crippen molar-refractivity contribution >= 4 is 27.7 Å². The molecule has 0 atom stereocenters. The summed E-state index contributed by atoms with van der Waals surface area (Å²) < 4.78 is 6.07. The van der Waals surface area contributed by atoms with Crippen molar-refractivity contribution in [1.82, 2.24) is 0 Å². The first-order chi connectivity index (χ1) is 7.40. The zero-order valence-electron chi connectivity index (χ0n) is 9.93. The molecule has 0 saturated carbocycles. The summed E-state index contributed by atoms with van der Waals surface area (Å²) in [7, 11) is 0. The lowest BCUT2D eigenvalue weighted by Gasteiger charge is -2.11. The first-order valence-corrected chi connectivity index (χ1v) is 5.94. The molecular formula is C12H16BrNO2. The van der Waals surface area contributed by atoms with Gasteiger partial charge in [-0.1, -0.05) is 15.9 Å². The Morgan fingerprint density at radius 1 is 1.31 bits per heavy atom. The smallest absolute Gasteiger partial charge is 0.411 e. The number of amides is 1. The summed E-state index contributed by atoms with van der Waals surface area (Å²) in [4.78, 5) is 11.4. The predicted octanol–water partition coefficient (Wildman–Crippen LogP) is 4.02. The Morgan fingerprint density at radius 2 is 1.81 bits per heavy atom. The molecule has 0 bridgehead atoms. The van der Waals surface area contributed by atoms with Gasteiger partial charge in [-0.15, -0.1) is 0 Å². The molecule has 0 spiro atoms. The minimum Gasteiger partial charge on any atom is -0.447 e. The lowest BCUT2D eigenvalue weighted by molar-refractivity contribution is 0.130. The fraction of sp³-hybridized carbons (Fsp3) is 0.417. The molecule has 0 heterocycles. The summed E-state index contributed by atoms with van der Waals surface area (Å²) in [5.41, 5.74) is 2.92. The summed E-state index contributed by atoms with van der Waals surface area (Å²) in [6, 6.07) is 3.80. The molecule has 88 valence electrons. The van der Waals surface area contributed by atoms with Crippen LogP contribution in [0.2, 0.25) is 0 Å². The second-order valence-corrected chi connectivity index (χ2v) is 4.80. The van der Waals surface area contributed by atoms with Crippen molar-refractivity contribution in [1.29, 1.82) is 0 Å². The maximum absolute atomic E-state index is 11.4. The van der Waals surface area contributed by atoms with E-state index in [9.17, 15) is 4.79 Å². The zero-order valence-corrected chi connectivity index (χ0v) is 11.5. The molecular weight excluding hydrogens is 270 g/mol. The minimum absolute atomic E-state index is 0.113. The van der Waals surface area contributed by atoms with Crippen LogP contribution in [0.3, 0.4) is 0 Å². The SMILES string of the molecule is Cc1cc(NC(=O)OC(C)C)cc(C)c1Br. The number of aryl methyl sites for hydroxylation is 2. The highest BCUT2D eigenvalue weighted by molar-refractivity contribution is 9.10. The Hall–Kier alpha value is -1.03. The van der Waals surface area contributed by atoms with Crippen LogP contribution in [0.4, 0.5) is 10.5 Å². The van der Waals surface area contributed by atoms with Crippen molar-refractivity contribution in [2.75, 3.05) is 5.32 Å². The highest BCUT2D eigenvalue weighted by Gasteiger charge is 2.07. The molecule has 0 aliphatic rings.